The van der Waals surface area contributed by atoms with Crippen LogP contribution in [0.25, 0.3) is 0 Å². The third-order valence-electron chi connectivity index (χ3n) is 1.60. The number of epoxide rings is 1. The SMILES string of the molecule is CC1=NC(C2CO2)CO1. The molecule has 0 aromatic heterocycles. The molecule has 3 heteroatoms. The van der Waals surface area contributed by atoms with E-state index in [0.29, 0.717) is 12.1 Å². The van der Waals surface area contributed by atoms with E-state index in [1.54, 1.807) is 0 Å². The smallest absolute Gasteiger partial charge is 0.180 e. The highest BCUT2D eigenvalue weighted by Gasteiger charge is 2.35. The highest BCUT2D eigenvalue weighted by molar-refractivity contribution is 5.74. The molecule has 2 heterocycles. The minimum atomic E-state index is 0.296. The lowest BCUT2D eigenvalue weighted by Gasteiger charge is -1.95. The molecule has 3 nitrogen and oxygen atoms in total. The monoisotopic (exact) mass is 127 g/mol. The Morgan fingerprint density at radius 3 is 2.78 bits per heavy atom. The summed E-state index contributed by atoms with van der Waals surface area (Å²) in [6.07, 6.45) is 0.363. The van der Waals surface area contributed by atoms with Gasteiger partial charge in [0, 0.05) is 6.92 Å². The minimum Gasteiger partial charge on any atom is -0.479 e. The first kappa shape index (κ1) is 5.23. The molecule has 2 aliphatic rings. The molecular weight excluding hydrogens is 118 g/mol. The van der Waals surface area contributed by atoms with Gasteiger partial charge in [0.05, 0.1) is 6.61 Å². The van der Waals surface area contributed by atoms with Crippen molar-refractivity contribution in [1.82, 2.24) is 0 Å². The lowest BCUT2D eigenvalue weighted by molar-refractivity contribution is 0.282. The van der Waals surface area contributed by atoms with Crippen LogP contribution in [0.1, 0.15) is 6.92 Å². The average Bonchev–Trinajstić information content (AvgIpc) is 2.58. The van der Waals surface area contributed by atoms with Gasteiger partial charge in [0.15, 0.2) is 5.90 Å². The minimum absolute atomic E-state index is 0.296. The highest BCUT2D eigenvalue weighted by Crippen LogP contribution is 2.20. The molecule has 0 aromatic rings. The fraction of sp³-hybridized carbons (Fsp3) is 0.833. The summed E-state index contributed by atoms with van der Waals surface area (Å²) in [7, 11) is 0. The van der Waals surface area contributed by atoms with Crippen LogP contribution in [0.5, 0.6) is 0 Å². The topological polar surface area (TPSA) is 34.1 Å². The zero-order valence-corrected chi connectivity index (χ0v) is 5.33. The maximum atomic E-state index is 5.14. The van der Waals surface area contributed by atoms with Gasteiger partial charge in [-0.05, 0) is 0 Å². The summed E-state index contributed by atoms with van der Waals surface area (Å²) < 4.78 is 10.2. The second kappa shape index (κ2) is 1.70. The average molecular weight is 127 g/mol. The van der Waals surface area contributed by atoms with Crippen molar-refractivity contribution in [2.75, 3.05) is 13.2 Å². The first-order chi connectivity index (χ1) is 4.36. The van der Waals surface area contributed by atoms with E-state index in [1.807, 2.05) is 6.92 Å². The molecule has 0 N–H and O–H groups in total. The summed E-state index contributed by atoms with van der Waals surface area (Å²) in [4.78, 5) is 4.22. The largest absolute Gasteiger partial charge is 0.479 e. The molecule has 50 valence electrons. The lowest BCUT2D eigenvalue weighted by atomic mass is 10.2. The van der Waals surface area contributed by atoms with Crippen LogP contribution in [0.15, 0.2) is 4.99 Å². The molecule has 0 amide bonds. The molecule has 0 radical (unpaired) electrons. The molecule has 0 aliphatic carbocycles. The van der Waals surface area contributed by atoms with Crippen molar-refractivity contribution in [1.29, 1.82) is 0 Å². The van der Waals surface area contributed by atoms with E-state index in [0.717, 1.165) is 19.1 Å². The Balaban J connectivity index is 1.99. The number of rotatable bonds is 1. The van der Waals surface area contributed by atoms with E-state index in [9.17, 15) is 0 Å². The van der Waals surface area contributed by atoms with Gasteiger partial charge < -0.3 is 9.47 Å². The van der Waals surface area contributed by atoms with Crippen molar-refractivity contribution < 1.29 is 9.47 Å². The number of ether oxygens (including phenoxy) is 2. The number of aliphatic imine (C=N–C) groups is 1. The number of nitrogens with zero attached hydrogens (tertiary/aromatic N) is 1. The molecular formula is C6H9NO2. The summed E-state index contributed by atoms with van der Waals surface area (Å²) in [5, 5.41) is 0. The summed E-state index contributed by atoms with van der Waals surface area (Å²) in [6.45, 7) is 3.46. The summed E-state index contributed by atoms with van der Waals surface area (Å²) in [6, 6.07) is 0.296. The van der Waals surface area contributed by atoms with Crippen molar-refractivity contribution in [2.45, 2.75) is 19.1 Å². The second-order valence-corrected chi connectivity index (χ2v) is 2.40. The first-order valence-corrected chi connectivity index (χ1v) is 3.15. The molecule has 0 saturated carbocycles. The highest BCUT2D eigenvalue weighted by atomic mass is 16.6. The van der Waals surface area contributed by atoms with Crippen LogP contribution in [-0.4, -0.2) is 31.3 Å². The standard InChI is InChI=1S/C6H9NO2/c1-4-7-5(2-8-4)6-3-9-6/h5-6H,2-3H2,1H3. The van der Waals surface area contributed by atoms with Crippen LogP contribution in [0.2, 0.25) is 0 Å². The number of hydrogen-bond donors (Lipinski definition) is 0. The zero-order chi connectivity index (χ0) is 6.27. The van der Waals surface area contributed by atoms with E-state index in [2.05, 4.69) is 4.99 Å². The van der Waals surface area contributed by atoms with Crippen LogP contribution >= 0.6 is 0 Å². The van der Waals surface area contributed by atoms with Gasteiger partial charge >= 0.3 is 0 Å². The Morgan fingerprint density at radius 1 is 1.56 bits per heavy atom. The van der Waals surface area contributed by atoms with Crippen molar-refractivity contribution in [3.05, 3.63) is 0 Å². The fourth-order valence-corrected chi connectivity index (χ4v) is 0.982. The van der Waals surface area contributed by atoms with Crippen molar-refractivity contribution in [3.63, 3.8) is 0 Å². The molecule has 0 bridgehead atoms. The van der Waals surface area contributed by atoms with Crippen LogP contribution < -0.4 is 0 Å². The normalized spacial score (nSPS) is 39.9. The summed E-state index contributed by atoms with van der Waals surface area (Å²) in [5.74, 6) is 0.801. The van der Waals surface area contributed by atoms with Crippen LogP contribution in [0, 0.1) is 0 Å². The first-order valence-electron chi connectivity index (χ1n) is 3.15. The van der Waals surface area contributed by atoms with Gasteiger partial charge in [0.25, 0.3) is 0 Å². The molecule has 2 aliphatic heterocycles. The number of hydrogen-bond acceptors (Lipinski definition) is 3. The third kappa shape index (κ3) is 0.920. The second-order valence-electron chi connectivity index (χ2n) is 2.40. The molecule has 0 aromatic carbocycles. The molecule has 9 heavy (non-hydrogen) atoms. The van der Waals surface area contributed by atoms with Gasteiger partial charge in [-0.1, -0.05) is 0 Å². The molecule has 2 rings (SSSR count). The van der Waals surface area contributed by atoms with Gasteiger partial charge in [0.2, 0.25) is 0 Å². The van der Waals surface area contributed by atoms with E-state index in [1.165, 1.54) is 0 Å². The molecule has 2 unspecified atom stereocenters. The predicted octanol–water partition coefficient (Wildman–Crippen LogP) is 0.202. The van der Waals surface area contributed by atoms with Gasteiger partial charge in [0.1, 0.15) is 18.8 Å². The lowest BCUT2D eigenvalue weighted by Crippen LogP contribution is -2.13. The maximum Gasteiger partial charge on any atom is 0.180 e. The zero-order valence-electron chi connectivity index (χ0n) is 5.33. The van der Waals surface area contributed by atoms with Crippen molar-refractivity contribution >= 4 is 5.90 Å². The van der Waals surface area contributed by atoms with E-state index < -0.39 is 0 Å². The Bertz CT molecular complexity index is 151. The summed E-state index contributed by atoms with van der Waals surface area (Å²) in [5.41, 5.74) is 0. The van der Waals surface area contributed by atoms with Crippen LogP contribution in [-0.2, 0) is 9.47 Å². The van der Waals surface area contributed by atoms with E-state index in [4.69, 9.17) is 9.47 Å². The van der Waals surface area contributed by atoms with Gasteiger partial charge in [-0.3, -0.25) is 0 Å². The van der Waals surface area contributed by atoms with Crippen molar-refractivity contribution in [3.8, 4) is 0 Å². The van der Waals surface area contributed by atoms with Gasteiger partial charge in [-0.25, -0.2) is 4.99 Å². The Morgan fingerprint density at radius 2 is 2.33 bits per heavy atom. The Kier molecular flexibility index (Phi) is 0.990. The van der Waals surface area contributed by atoms with Crippen LogP contribution in [0.4, 0.5) is 0 Å². The Labute approximate surface area is 53.7 Å². The molecule has 0 spiro atoms. The van der Waals surface area contributed by atoms with Gasteiger partial charge in [-0.15, -0.1) is 0 Å². The fourth-order valence-electron chi connectivity index (χ4n) is 0.982. The summed E-state index contributed by atoms with van der Waals surface area (Å²) >= 11 is 0. The quantitative estimate of drug-likeness (QED) is 0.471. The van der Waals surface area contributed by atoms with Gasteiger partial charge in [-0.2, -0.15) is 0 Å². The van der Waals surface area contributed by atoms with Crippen molar-refractivity contribution in [2.24, 2.45) is 4.99 Å². The Hall–Kier alpha value is -0.570. The predicted molar refractivity (Wildman–Crippen MR) is 32.6 cm³/mol. The van der Waals surface area contributed by atoms with E-state index >= 15 is 0 Å². The van der Waals surface area contributed by atoms with Crippen LogP contribution in [0.3, 0.4) is 0 Å². The molecule has 1 fully saturated rings. The maximum absolute atomic E-state index is 5.14. The third-order valence-corrected chi connectivity index (χ3v) is 1.60. The molecule has 2 atom stereocenters. The van der Waals surface area contributed by atoms with E-state index in [-0.39, 0.29) is 0 Å². The molecule has 1 saturated heterocycles.